The predicted molar refractivity (Wildman–Crippen MR) is 99.5 cm³/mol. The minimum atomic E-state index is -4.20. The van der Waals surface area contributed by atoms with Crippen molar-refractivity contribution in [3.8, 4) is 0 Å². The fourth-order valence-corrected chi connectivity index (χ4v) is 5.02. The SMILES string of the molecule is O=C(NCc1cc(Br)ccc1F)C1CC(F)CN1S(=O)(=O)c1ccc(F)cc1. The zero-order valence-corrected chi connectivity index (χ0v) is 16.8. The molecule has 1 N–H and O–H groups in total. The fraction of sp³-hybridized carbons (Fsp3) is 0.278. The smallest absolute Gasteiger partial charge is 0.243 e. The summed E-state index contributed by atoms with van der Waals surface area (Å²) in [6, 6.07) is 6.99. The van der Waals surface area contributed by atoms with Gasteiger partial charge in [0.15, 0.2) is 0 Å². The number of carbonyl (C=O) groups excluding carboxylic acids is 1. The minimum Gasteiger partial charge on any atom is -0.351 e. The molecule has 1 saturated heterocycles. The average Bonchev–Trinajstić information content (AvgIpc) is 3.05. The highest BCUT2D eigenvalue weighted by molar-refractivity contribution is 9.10. The van der Waals surface area contributed by atoms with Crippen molar-refractivity contribution in [1.82, 2.24) is 9.62 Å². The summed E-state index contributed by atoms with van der Waals surface area (Å²) < 4.78 is 67.8. The van der Waals surface area contributed by atoms with Gasteiger partial charge in [-0.15, -0.1) is 0 Å². The minimum absolute atomic E-state index is 0.179. The van der Waals surface area contributed by atoms with Crippen LogP contribution in [0.4, 0.5) is 13.2 Å². The van der Waals surface area contributed by atoms with Crippen LogP contribution in [0.2, 0.25) is 0 Å². The van der Waals surface area contributed by atoms with Gasteiger partial charge >= 0.3 is 0 Å². The summed E-state index contributed by atoms with van der Waals surface area (Å²) in [5.41, 5.74) is 0.200. The van der Waals surface area contributed by atoms with Gasteiger partial charge in [0.05, 0.1) is 4.90 Å². The van der Waals surface area contributed by atoms with Gasteiger partial charge < -0.3 is 5.32 Å². The third-order valence-corrected chi connectivity index (χ3v) is 6.77. The van der Waals surface area contributed by atoms with E-state index in [0.717, 1.165) is 28.6 Å². The largest absolute Gasteiger partial charge is 0.351 e. The number of benzene rings is 2. The van der Waals surface area contributed by atoms with Crippen LogP contribution in [0.1, 0.15) is 12.0 Å². The molecule has 2 atom stereocenters. The molecule has 0 saturated carbocycles. The second-order valence-corrected chi connectivity index (χ2v) is 9.14. The molecule has 1 aliphatic rings. The number of amides is 1. The predicted octanol–water partition coefficient (Wildman–Crippen LogP) is 3.14. The number of rotatable bonds is 5. The molecule has 0 radical (unpaired) electrons. The van der Waals surface area contributed by atoms with Gasteiger partial charge in [0.1, 0.15) is 23.8 Å². The number of hydrogen-bond acceptors (Lipinski definition) is 3. The van der Waals surface area contributed by atoms with Crippen LogP contribution in [0.25, 0.3) is 0 Å². The molecule has 0 aromatic heterocycles. The van der Waals surface area contributed by atoms with Crippen LogP contribution in [0, 0.1) is 11.6 Å². The molecule has 1 aliphatic heterocycles. The Morgan fingerprint density at radius 1 is 1.18 bits per heavy atom. The number of hydrogen-bond donors (Lipinski definition) is 1. The van der Waals surface area contributed by atoms with Gasteiger partial charge in [-0.3, -0.25) is 4.79 Å². The summed E-state index contributed by atoms with van der Waals surface area (Å²) in [7, 11) is -4.20. The zero-order chi connectivity index (χ0) is 20.5. The molecule has 0 aliphatic carbocycles. The lowest BCUT2D eigenvalue weighted by molar-refractivity contribution is -0.124. The van der Waals surface area contributed by atoms with Crippen molar-refractivity contribution in [2.24, 2.45) is 0 Å². The van der Waals surface area contributed by atoms with E-state index in [2.05, 4.69) is 21.2 Å². The summed E-state index contributed by atoms with van der Waals surface area (Å²) in [5, 5.41) is 2.46. The number of nitrogens with one attached hydrogen (secondary N) is 1. The van der Waals surface area contributed by atoms with Gasteiger partial charge in [0.25, 0.3) is 0 Å². The first-order chi connectivity index (χ1) is 13.2. The molecule has 3 rings (SSSR count). The summed E-state index contributed by atoms with van der Waals surface area (Å²) in [5.74, 6) is -1.88. The Kier molecular flexibility index (Phi) is 6.11. The second kappa shape index (κ2) is 8.22. The second-order valence-electron chi connectivity index (χ2n) is 6.33. The molecule has 2 unspecified atom stereocenters. The van der Waals surface area contributed by atoms with Crippen LogP contribution in [-0.2, 0) is 21.4 Å². The van der Waals surface area contributed by atoms with Crippen molar-refractivity contribution in [2.45, 2.75) is 30.1 Å². The van der Waals surface area contributed by atoms with E-state index in [0.29, 0.717) is 4.47 Å². The monoisotopic (exact) mass is 476 g/mol. The van der Waals surface area contributed by atoms with Gasteiger partial charge in [0, 0.05) is 29.5 Å². The third kappa shape index (κ3) is 4.39. The molecule has 2 aromatic carbocycles. The maximum absolute atomic E-state index is 14.0. The Morgan fingerprint density at radius 2 is 1.86 bits per heavy atom. The lowest BCUT2D eigenvalue weighted by Gasteiger charge is -2.23. The summed E-state index contributed by atoms with van der Waals surface area (Å²) >= 11 is 3.20. The maximum Gasteiger partial charge on any atom is 0.243 e. The molecule has 1 heterocycles. The van der Waals surface area contributed by atoms with Crippen molar-refractivity contribution in [2.75, 3.05) is 6.54 Å². The lowest BCUT2D eigenvalue weighted by atomic mass is 10.2. The number of nitrogens with zero attached hydrogens (tertiary/aromatic N) is 1. The normalized spacial score (nSPS) is 20.3. The highest BCUT2D eigenvalue weighted by atomic mass is 79.9. The molecule has 1 fully saturated rings. The average molecular weight is 477 g/mol. The Hall–Kier alpha value is -1.91. The van der Waals surface area contributed by atoms with Crippen molar-refractivity contribution < 1.29 is 26.4 Å². The highest BCUT2D eigenvalue weighted by Crippen LogP contribution is 2.28. The van der Waals surface area contributed by atoms with E-state index in [-0.39, 0.29) is 23.4 Å². The van der Waals surface area contributed by atoms with Crippen LogP contribution in [0.5, 0.6) is 0 Å². The zero-order valence-electron chi connectivity index (χ0n) is 14.4. The molecule has 150 valence electrons. The Bertz CT molecular complexity index is 986. The van der Waals surface area contributed by atoms with Crippen molar-refractivity contribution >= 4 is 31.9 Å². The van der Waals surface area contributed by atoms with Gasteiger partial charge in [0.2, 0.25) is 15.9 Å². The van der Waals surface area contributed by atoms with Crippen LogP contribution in [0.15, 0.2) is 51.8 Å². The van der Waals surface area contributed by atoms with Crippen LogP contribution in [-0.4, -0.2) is 37.4 Å². The number of sulfonamides is 1. The molecular weight excluding hydrogens is 461 g/mol. The maximum atomic E-state index is 14.0. The van der Waals surface area contributed by atoms with Gasteiger partial charge in [-0.2, -0.15) is 4.31 Å². The van der Waals surface area contributed by atoms with Crippen molar-refractivity contribution in [3.63, 3.8) is 0 Å². The van der Waals surface area contributed by atoms with Crippen molar-refractivity contribution in [3.05, 3.63) is 64.1 Å². The molecule has 28 heavy (non-hydrogen) atoms. The summed E-state index contributed by atoms with van der Waals surface area (Å²) in [6.45, 7) is -0.662. The molecule has 1 amide bonds. The molecular formula is C18H16BrF3N2O3S. The Balaban J connectivity index is 1.78. The molecule has 0 bridgehead atoms. The van der Waals surface area contributed by atoms with E-state index in [9.17, 15) is 26.4 Å². The Labute approximate surface area is 168 Å². The molecule has 5 nitrogen and oxygen atoms in total. The highest BCUT2D eigenvalue weighted by Gasteiger charge is 2.44. The quantitative estimate of drug-likeness (QED) is 0.720. The summed E-state index contributed by atoms with van der Waals surface area (Å²) in [6.07, 6.45) is -1.83. The first-order valence-electron chi connectivity index (χ1n) is 8.31. The number of carbonyl (C=O) groups is 1. The van der Waals surface area contributed by atoms with Gasteiger partial charge in [-0.05, 0) is 42.5 Å². The number of alkyl halides is 1. The molecule has 0 spiro atoms. The standard InChI is InChI=1S/C18H16BrF3N2O3S/c19-12-1-6-16(22)11(7-12)9-23-18(25)17-8-14(21)10-24(17)28(26,27)15-4-2-13(20)3-5-15/h1-7,14,17H,8-10H2,(H,23,25). The van der Waals surface area contributed by atoms with Crippen molar-refractivity contribution in [1.29, 1.82) is 0 Å². The van der Waals surface area contributed by atoms with Gasteiger partial charge in [-0.1, -0.05) is 15.9 Å². The van der Waals surface area contributed by atoms with E-state index in [1.807, 2.05) is 0 Å². The lowest BCUT2D eigenvalue weighted by Crippen LogP contribution is -2.45. The van der Waals surface area contributed by atoms with E-state index in [1.165, 1.54) is 18.2 Å². The van der Waals surface area contributed by atoms with E-state index < -0.39 is 46.3 Å². The first kappa shape index (κ1) is 20.8. The molecule has 2 aromatic rings. The Morgan fingerprint density at radius 3 is 2.54 bits per heavy atom. The third-order valence-electron chi connectivity index (χ3n) is 4.39. The number of halogens is 4. The van der Waals surface area contributed by atoms with E-state index in [4.69, 9.17) is 0 Å². The van der Waals surface area contributed by atoms with Crippen LogP contribution < -0.4 is 5.32 Å². The topological polar surface area (TPSA) is 66.5 Å². The summed E-state index contributed by atoms with van der Waals surface area (Å²) in [4.78, 5) is 12.3. The van der Waals surface area contributed by atoms with Crippen LogP contribution >= 0.6 is 15.9 Å². The fourth-order valence-electron chi connectivity index (χ4n) is 2.98. The van der Waals surface area contributed by atoms with E-state index >= 15 is 0 Å². The van der Waals surface area contributed by atoms with E-state index in [1.54, 1.807) is 0 Å². The molecule has 10 heteroatoms. The van der Waals surface area contributed by atoms with Gasteiger partial charge in [-0.25, -0.2) is 21.6 Å². The first-order valence-corrected chi connectivity index (χ1v) is 10.5. The van der Waals surface area contributed by atoms with Crippen LogP contribution in [0.3, 0.4) is 0 Å².